The molecule has 4 nitrogen and oxygen atoms in total. The molecular weight excluding hydrogens is 288 g/mol. The molecule has 108 valence electrons. The molecule has 0 fully saturated rings. The lowest BCUT2D eigenvalue weighted by atomic mass is 9.87. The van der Waals surface area contributed by atoms with Gasteiger partial charge in [0.2, 0.25) is 0 Å². The van der Waals surface area contributed by atoms with Gasteiger partial charge in [0.15, 0.2) is 0 Å². The zero-order chi connectivity index (χ0) is 15.0. The van der Waals surface area contributed by atoms with E-state index >= 15 is 0 Å². The number of carbonyl (C=O) groups excluding carboxylic acids is 1. The third kappa shape index (κ3) is 2.47. The highest BCUT2D eigenvalue weighted by Crippen LogP contribution is 2.35. The molecule has 1 aliphatic carbocycles. The van der Waals surface area contributed by atoms with Gasteiger partial charge in [0.1, 0.15) is 5.82 Å². The highest BCUT2D eigenvalue weighted by atomic mass is 35.5. The number of ether oxygens (including phenoxy) is 1. The number of carbonyl (C=O) groups is 1. The number of nitrogens with zero attached hydrogens (tertiary/aromatic N) is 2. The summed E-state index contributed by atoms with van der Waals surface area (Å²) in [5.74, 6) is 0.710. The summed E-state index contributed by atoms with van der Waals surface area (Å²) in [7, 11) is 1.40. The van der Waals surface area contributed by atoms with Crippen LogP contribution in [0.3, 0.4) is 0 Å². The van der Waals surface area contributed by atoms with E-state index in [1.807, 2.05) is 36.6 Å². The number of anilines is 1. The Morgan fingerprint density at radius 3 is 2.90 bits per heavy atom. The quantitative estimate of drug-likeness (QED) is 0.787. The van der Waals surface area contributed by atoms with Crippen molar-refractivity contribution in [3.63, 3.8) is 0 Å². The highest BCUT2D eigenvalue weighted by molar-refractivity contribution is 6.30. The summed E-state index contributed by atoms with van der Waals surface area (Å²) in [5.41, 5.74) is 1.69. The molecule has 3 rings (SSSR count). The molecule has 0 saturated carbocycles. The fraction of sp³-hybridized carbons (Fsp3) is 0.250. The summed E-state index contributed by atoms with van der Waals surface area (Å²) >= 11 is 5.88. The summed E-state index contributed by atoms with van der Waals surface area (Å²) in [6.45, 7) is 2.08. The number of halogens is 1. The monoisotopic (exact) mass is 302 g/mol. The number of methoxy groups -OCH3 is 1. The number of hydrogen-bond donors (Lipinski definition) is 0. The molecular formula is C16H15ClN2O2. The molecule has 1 aliphatic heterocycles. The van der Waals surface area contributed by atoms with Crippen LogP contribution in [0.2, 0.25) is 5.02 Å². The maximum absolute atomic E-state index is 11.7. The summed E-state index contributed by atoms with van der Waals surface area (Å²) in [6, 6.07) is 3.86. The van der Waals surface area contributed by atoms with Crippen LogP contribution >= 0.6 is 11.6 Å². The predicted octanol–water partition coefficient (Wildman–Crippen LogP) is 3.11. The van der Waals surface area contributed by atoms with Gasteiger partial charge in [-0.3, -0.25) is 0 Å². The van der Waals surface area contributed by atoms with Crippen molar-refractivity contribution >= 4 is 23.4 Å². The maximum atomic E-state index is 11.7. The molecule has 0 amide bonds. The average molecular weight is 303 g/mol. The third-order valence-electron chi connectivity index (χ3n) is 3.73. The Kier molecular flexibility index (Phi) is 3.55. The second kappa shape index (κ2) is 5.37. The second-order valence-electron chi connectivity index (χ2n) is 5.12. The SMILES string of the molecule is COC(=O)C1=CC(C)C2C(=C1)C=CN2c1ccc(Cl)cn1. The van der Waals surface area contributed by atoms with Gasteiger partial charge in [-0.25, -0.2) is 9.78 Å². The van der Waals surface area contributed by atoms with Gasteiger partial charge in [0.25, 0.3) is 0 Å². The van der Waals surface area contributed by atoms with Gasteiger partial charge in [0, 0.05) is 18.3 Å². The van der Waals surface area contributed by atoms with Crippen LogP contribution in [0, 0.1) is 5.92 Å². The first-order valence-electron chi connectivity index (χ1n) is 6.70. The van der Waals surface area contributed by atoms with Crippen molar-refractivity contribution in [2.45, 2.75) is 13.0 Å². The van der Waals surface area contributed by atoms with Crippen LogP contribution in [0.25, 0.3) is 0 Å². The lowest BCUT2D eigenvalue weighted by molar-refractivity contribution is -0.135. The van der Waals surface area contributed by atoms with Gasteiger partial charge in [-0.15, -0.1) is 0 Å². The van der Waals surface area contributed by atoms with E-state index in [1.54, 1.807) is 6.20 Å². The molecule has 5 heteroatoms. The molecule has 2 aliphatic rings. The van der Waals surface area contributed by atoms with Crippen LogP contribution in [-0.2, 0) is 9.53 Å². The van der Waals surface area contributed by atoms with Crippen LogP contribution in [-0.4, -0.2) is 24.1 Å². The Morgan fingerprint density at radius 2 is 2.24 bits per heavy atom. The first-order valence-corrected chi connectivity index (χ1v) is 7.08. The molecule has 2 heterocycles. The first kappa shape index (κ1) is 13.9. The van der Waals surface area contributed by atoms with Crippen LogP contribution in [0.15, 0.2) is 53.9 Å². The summed E-state index contributed by atoms with van der Waals surface area (Å²) in [4.78, 5) is 18.1. The molecule has 0 N–H and O–H groups in total. The van der Waals surface area contributed by atoms with Gasteiger partial charge < -0.3 is 9.64 Å². The van der Waals surface area contributed by atoms with E-state index < -0.39 is 0 Å². The van der Waals surface area contributed by atoms with E-state index in [9.17, 15) is 4.79 Å². The molecule has 1 aromatic heterocycles. The van der Waals surface area contributed by atoms with Crippen molar-refractivity contribution in [1.29, 1.82) is 0 Å². The van der Waals surface area contributed by atoms with E-state index in [1.165, 1.54) is 7.11 Å². The van der Waals surface area contributed by atoms with Crippen molar-refractivity contribution in [1.82, 2.24) is 4.98 Å². The fourth-order valence-corrected chi connectivity index (χ4v) is 2.91. The first-order chi connectivity index (χ1) is 10.1. The predicted molar refractivity (Wildman–Crippen MR) is 82.0 cm³/mol. The van der Waals surface area contributed by atoms with Gasteiger partial charge in [0.05, 0.1) is 23.7 Å². The number of rotatable bonds is 2. The number of hydrogen-bond acceptors (Lipinski definition) is 4. The Morgan fingerprint density at radius 1 is 1.43 bits per heavy atom. The largest absolute Gasteiger partial charge is 0.465 e. The molecule has 0 bridgehead atoms. The number of pyridine rings is 1. The van der Waals surface area contributed by atoms with E-state index in [2.05, 4.69) is 16.8 Å². The smallest absolute Gasteiger partial charge is 0.337 e. The normalized spacial score (nSPS) is 23.5. The molecule has 21 heavy (non-hydrogen) atoms. The Balaban J connectivity index is 1.91. The molecule has 0 saturated heterocycles. The van der Waals surface area contributed by atoms with Crippen LogP contribution in [0.1, 0.15) is 6.92 Å². The standard InChI is InChI=1S/C16H15ClN2O2/c1-10-7-12(16(20)21-2)8-11-5-6-19(15(10)11)14-4-3-13(17)9-18-14/h3-10,15H,1-2H3. The average Bonchev–Trinajstić information content (AvgIpc) is 2.91. The minimum atomic E-state index is -0.302. The van der Waals surface area contributed by atoms with E-state index in [4.69, 9.17) is 16.3 Å². The van der Waals surface area contributed by atoms with Crippen LogP contribution in [0.5, 0.6) is 0 Å². The van der Waals surface area contributed by atoms with Crippen molar-refractivity contribution in [3.05, 3.63) is 58.9 Å². The van der Waals surface area contributed by atoms with Crippen molar-refractivity contribution in [3.8, 4) is 0 Å². The zero-order valence-electron chi connectivity index (χ0n) is 11.8. The third-order valence-corrected chi connectivity index (χ3v) is 3.95. The van der Waals surface area contributed by atoms with Gasteiger partial charge in [-0.1, -0.05) is 24.6 Å². The van der Waals surface area contributed by atoms with E-state index in [0.717, 1.165) is 11.4 Å². The van der Waals surface area contributed by atoms with Crippen molar-refractivity contribution in [2.24, 2.45) is 5.92 Å². The molecule has 2 atom stereocenters. The summed E-state index contributed by atoms with van der Waals surface area (Å²) in [5, 5.41) is 0.613. The number of aromatic nitrogens is 1. The molecule has 0 aromatic carbocycles. The second-order valence-corrected chi connectivity index (χ2v) is 5.56. The molecule has 0 radical (unpaired) electrons. The Labute approximate surface area is 128 Å². The molecule has 1 aromatic rings. The van der Waals surface area contributed by atoms with Crippen molar-refractivity contribution in [2.75, 3.05) is 12.0 Å². The fourth-order valence-electron chi connectivity index (χ4n) is 2.80. The van der Waals surface area contributed by atoms with Crippen LogP contribution < -0.4 is 4.90 Å². The molecule has 0 spiro atoms. The van der Waals surface area contributed by atoms with E-state index in [0.29, 0.717) is 10.6 Å². The Bertz CT molecular complexity index is 661. The Hall–Kier alpha value is -2.07. The lowest BCUT2D eigenvalue weighted by Crippen LogP contribution is -2.35. The highest BCUT2D eigenvalue weighted by Gasteiger charge is 2.33. The number of fused-ring (bicyclic) bond motifs is 1. The minimum absolute atomic E-state index is 0.145. The zero-order valence-corrected chi connectivity index (χ0v) is 12.5. The maximum Gasteiger partial charge on any atom is 0.337 e. The number of esters is 1. The van der Waals surface area contributed by atoms with E-state index in [-0.39, 0.29) is 17.9 Å². The van der Waals surface area contributed by atoms with Crippen molar-refractivity contribution < 1.29 is 9.53 Å². The topological polar surface area (TPSA) is 42.4 Å². The lowest BCUT2D eigenvalue weighted by Gasteiger charge is -2.31. The van der Waals surface area contributed by atoms with Crippen LogP contribution in [0.4, 0.5) is 5.82 Å². The molecule has 2 unspecified atom stereocenters. The van der Waals surface area contributed by atoms with Gasteiger partial charge >= 0.3 is 5.97 Å². The summed E-state index contributed by atoms with van der Waals surface area (Å²) < 4.78 is 4.79. The minimum Gasteiger partial charge on any atom is -0.465 e. The van der Waals surface area contributed by atoms with Gasteiger partial charge in [-0.2, -0.15) is 0 Å². The summed E-state index contributed by atoms with van der Waals surface area (Å²) in [6.07, 6.45) is 9.44. The van der Waals surface area contributed by atoms with Gasteiger partial charge in [-0.05, 0) is 29.9 Å².